The summed E-state index contributed by atoms with van der Waals surface area (Å²) in [5.41, 5.74) is 4.22. The second-order valence-electron chi connectivity index (χ2n) is 8.59. The number of carbonyl (C=O) groups is 1. The van der Waals surface area contributed by atoms with Crippen LogP contribution < -0.4 is 14.2 Å². The Morgan fingerprint density at radius 1 is 1.11 bits per heavy atom. The molecule has 5 rings (SSSR count). The maximum absolute atomic E-state index is 13.3. The van der Waals surface area contributed by atoms with Gasteiger partial charge in [0.2, 0.25) is 5.78 Å². The summed E-state index contributed by atoms with van der Waals surface area (Å²) in [7, 11) is 0. The van der Waals surface area contributed by atoms with Gasteiger partial charge in [-0.25, -0.2) is 0 Å². The van der Waals surface area contributed by atoms with E-state index in [1.807, 2.05) is 56.3 Å². The zero-order chi connectivity index (χ0) is 24.5. The molecule has 0 N–H and O–H groups in total. The van der Waals surface area contributed by atoms with Crippen molar-refractivity contribution >= 4 is 35.1 Å². The number of hydrogen-bond donors (Lipinski definition) is 0. The van der Waals surface area contributed by atoms with Gasteiger partial charge in [-0.05, 0) is 56.2 Å². The average Bonchev–Trinajstić information content (AvgIpc) is 3.15. The fourth-order valence-corrected chi connectivity index (χ4v) is 4.97. The number of halogens is 2. The number of ether oxygens (including phenoxy) is 3. The molecule has 0 aromatic heterocycles. The first kappa shape index (κ1) is 23.7. The maximum atomic E-state index is 13.3. The summed E-state index contributed by atoms with van der Waals surface area (Å²) in [6.07, 6.45) is 2.52. The van der Waals surface area contributed by atoms with Crippen molar-refractivity contribution in [3.8, 4) is 17.2 Å². The minimum absolute atomic E-state index is 0.137. The molecule has 3 aromatic rings. The van der Waals surface area contributed by atoms with Crippen LogP contribution in [0.5, 0.6) is 17.2 Å². The highest BCUT2D eigenvalue weighted by Gasteiger charge is 2.33. The molecule has 0 fully saturated rings. The SMILES string of the molecule is CCOc1ccccc1/C=C1\Oc2c(cc3c(c2C)OCN(CCc2ccc(Cl)cc2Cl)C3)C1=O. The molecule has 0 amide bonds. The van der Waals surface area contributed by atoms with Crippen LogP contribution in [0.15, 0.2) is 54.3 Å². The third-order valence-electron chi connectivity index (χ3n) is 6.22. The van der Waals surface area contributed by atoms with E-state index in [1.165, 1.54) is 0 Å². The van der Waals surface area contributed by atoms with Crippen LogP contribution in [0, 0.1) is 6.92 Å². The van der Waals surface area contributed by atoms with Crippen LogP contribution in [-0.2, 0) is 13.0 Å². The van der Waals surface area contributed by atoms with Gasteiger partial charge >= 0.3 is 0 Å². The lowest BCUT2D eigenvalue weighted by atomic mass is 9.99. The number of ketones is 1. The van der Waals surface area contributed by atoms with E-state index in [2.05, 4.69) is 4.90 Å². The number of nitrogens with zero attached hydrogens (tertiary/aromatic N) is 1. The van der Waals surface area contributed by atoms with Crippen molar-refractivity contribution in [1.82, 2.24) is 4.90 Å². The lowest BCUT2D eigenvalue weighted by Gasteiger charge is -2.30. The summed E-state index contributed by atoms with van der Waals surface area (Å²) in [6, 6.07) is 15.1. The van der Waals surface area contributed by atoms with E-state index in [1.54, 1.807) is 12.1 Å². The Morgan fingerprint density at radius 3 is 2.74 bits per heavy atom. The largest absolute Gasteiger partial charge is 0.493 e. The summed E-state index contributed by atoms with van der Waals surface area (Å²) < 4.78 is 17.8. The first-order valence-electron chi connectivity index (χ1n) is 11.6. The minimum atomic E-state index is -0.137. The number of fused-ring (bicyclic) bond motifs is 2. The van der Waals surface area contributed by atoms with Gasteiger partial charge in [-0.2, -0.15) is 0 Å². The van der Waals surface area contributed by atoms with Crippen molar-refractivity contribution < 1.29 is 19.0 Å². The molecule has 7 heteroatoms. The lowest BCUT2D eigenvalue weighted by Crippen LogP contribution is -2.34. The summed E-state index contributed by atoms with van der Waals surface area (Å²) in [6.45, 7) is 6.30. The van der Waals surface area contributed by atoms with Gasteiger partial charge in [0.15, 0.2) is 5.76 Å². The highest BCUT2D eigenvalue weighted by molar-refractivity contribution is 6.35. The van der Waals surface area contributed by atoms with Crippen LogP contribution in [0.2, 0.25) is 10.0 Å². The van der Waals surface area contributed by atoms with E-state index in [0.29, 0.717) is 47.0 Å². The predicted molar refractivity (Wildman–Crippen MR) is 138 cm³/mol. The van der Waals surface area contributed by atoms with Crippen molar-refractivity contribution in [2.45, 2.75) is 26.8 Å². The molecule has 0 bridgehead atoms. The van der Waals surface area contributed by atoms with E-state index in [-0.39, 0.29) is 11.5 Å². The van der Waals surface area contributed by atoms with Gasteiger partial charge in [-0.1, -0.05) is 47.5 Å². The Balaban J connectivity index is 1.36. The standard InChI is InChI=1S/C28H25Cl2NO4/c1-3-33-24-7-5-4-6-19(24)13-25-26(32)22-12-20-15-31(16-34-27(20)17(2)28(22)35-25)11-10-18-8-9-21(29)14-23(18)30/h4-9,12-14H,3,10-11,15-16H2,1-2H3/b25-13-. The first-order chi connectivity index (χ1) is 16.9. The van der Waals surface area contributed by atoms with Crippen LogP contribution in [0.25, 0.3) is 6.08 Å². The van der Waals surface area contributed by atoms with Crippen LogP contribution in [0.4, 0.5) is 0 Å². The van der Waals surface area contributed by atoms with Crippen molar-refractivity contribution in [3.63, 3.8) is 0 Å². The smallest absolute Gasteiger partial charge is 0.231 e. The van der Waals surface area contributed by atoms with E-state index in [9.17, 15) is 4.79 Å². The molecular formula is C28H25Cl2NO4. The first-order valence-corrected chi connectivity index (χ1v) is 12.3. The van der Waals surface area contributed by atoms with Gasteiger partial charge in [-0.3, -0.25) is 9.69 Å². The number of Topliss-reactive ketones (excluding diaryl/α,β-unsaturated/α-hetero) is 1. The molecule has 0 radical (unpaired) electrons. The van der Waals surface area contributed by atoms with Crippen molar-refractivity contribution in [2.75, 3.05) is 19.9 Å². The average molecular weight is 510 g/mol. The number of allylic oxidation sites excluding steroid dienone is 1. The molecule has 3 aromatic carbocycles. The Kier molecular flexibility index (Phi) is 6.74. The molecule has 2 aliphatic rings. The maximum Gasteiger partial charge on any atom is 0.231 e. The molecule has 0 atom stereocenters. The van der Waals surface area contributed by atoms with Gasteiger partial charge in [-0.15, -0.1) is 0 Å². The lowest BCUT2D eigenvalue weighted by molar-refractivity contribution is 0.0954. The molecular weight excluding hydrogens is 485 g/mol. The fourth-order valence-electron chi connectivity index (χ4n) is 4.47. The molecule has 180 valence electrons. The second kappa shape index (κ2) is 9.94. The Hall–Kier alpha value is -2.99. The molecule has 5 nitrogen and oxygen atoms in total. The van der Waals surface area contributed by atoms with Crippen molar-refractivity contribution in [1.29, 1.82) is 0 Å². The highest BCUT2D eigenvalue weighted by Crippen LogP contribution is 2.43. The summed E-state index contributed by atoms with van der Waals surface area (Å²) >= 11 is 12.3. The Bertz CT molecular complexity index is 1330. The zero-order valence-electron chi connectivity index (χ0n) is 19.6. The van der Waals surface area contributed by atoms with E-state index in [0.717, 1.165) is 41.0 Å². The third kappa shape index (κ3) is 4.76. The minimum Gasteiger partial charge on any atom is -0.493 e. The predicted octanol–water partition coefficient (Wildman–Crippen LogP) is 6.71. The van der Waals surface area contributed by atoms with E-state index >= 15 is 0 Å². The molecule has 35 heavy (non-hydrogen) atoms. The van der Waals surface area contributed by atoms with Crippen LogP contribution in [-0.4, -0.2) is 30.6 Å². The zero-order valence-corrected chi connectivity index (χ0v) is 21.1. The summed E-state index contributed by atoms with van der Waals surface area (Å²) in [4.78, 5) is 15.4. The topological polar surface area (TPSA) is 48.0 Å². The molecule has 0 saturated heterocycles. The number of hydrogen-bond acceptors (Lipinski definition) is 5. The molecule has 2 heterocycles. The second-order valence-corrected chi connectivity index (χ2v) is 9.43. The molecule has 0 unspecified atom stereocenters. The van der Waals surface area contributed by atoms with Crippen LogP contribution >= 0.6 is 23.2 Å². The van der Waals surface area contributed by atoms with Gasteiger partial charge in [0.25, 0.3) is 0 Å². The number of para-hydroxylation sites is 1. The molecule has 0 aliphatic carbocycles. The highest BCUT2D eigenvalue weighted by atomic mass is 35.5. The van der Waals surface area contributed by atoms with Gasteiger partial charge < -0.3 is 14.2 Å². The van der Waals surface area contributed by atoms with Crippen molar-refractivity contribution in [2.24, 2.45) is 0 Å². The Morgan fingerprint density at radius 2 is 1.94 bits per heavy atom. The summed E-state index contributed by atoms with van der Waals surface area (Å²) in [5.74, 6) is 2.21. The van der Waals surface area contributed by atoms with Crippen LogP contribution in [0.3, 0.4) is 0 Å². The number of carbonyl (C=O) groups excluding carboxylic acids is 1. The Labute approximate surface area is 214 Å². The van der Waals surface area contributed by atoms with Gasteiger partial charge in [0.05, 0.1) is 12.2 Å². The van der Waals surface area contributed by atoms with Crippen molar-refractivity contribution in [3.05, 3.63) is 92.2 Å². The monoisotopic (exact) mass is 509 g/mol. The third-order valence-corrected chi connectivity index (χ3v) is 6.81. The van der Waals surface area contributed by atoms with Crippen LogP contribution in [0.1, 0.15) is 39.5 Å². The fraction of sp³-hybridized carbons (Fsp3) is 0.250. The quantitative estimate of drug-likeness (QED) is 0.345. The normalized spacial score (nSPS) is 16.0. The van der Waals surface area contributed by atoms with Gasteiger partial charge in [0.1, 0.15) is 24.0 Å². The molecule has 0 saturated carbocycles. The molecule has 0 spiro atoms. The number of rotatable bonds is 6. The van der Waals surface area contributed by atoms with E-state index < -0.39 is 0 Å². The summed E-state index contributed by atoms with van der Waals surface area (Å²) in [5, 5.41) is 1.29. The molecule has 2 aliphatic heterocycles. The van der Waals surface area contributed by atoms with Gasteiger partial charge in [0, 0.05) is 39.8 Å². The number of benzene rings is 3. The van der Waals surface area contributed by atoms with E-state index in [4.69, 9.17) is 37.4 Å².